The van der Waals surface area contributed by atoms with Gasteiger partial charge in [-0.15, -0.1) is 0 Å². The Bertz CT molecular complexity index is 1200. The largest absolute Gasteiger partial charge is 0.467 e. The van der Waals surface area contributed by atoms with E-state index in [-0.39, 0.29) is 23.4 Å². The molecule has 1 aliphatic rings. The third kappa shape index (κ3) is 3.28. The molecule has 1 aliphatic heterocycles. The van der Waals surface area contributed by atoms with E-state index in [2.05, 4.69) is 26.1 Å². The Hall–Kier alpha value is -3.51. The number of nitriles is 1. The number of halogens is 2. The van der Waals surface area contributed by atoms with E-state index >= 15 is 0 Å². The van der Waals surface area contributed by atoms with E-state index in [1.807, 2.05) is 0 Å². The molecule has 2 bridgehead atoms. The molecule has 0 saturated carbocycles. The summed E-state index contributed by atoms with van der Waals surface area (Å²) in [6.45, 7) is 1.81. The standard InChI is InChI=1S/C19H15ClFN7O/c1-9-12-5-10(21)3-4-11(12)17(20)24-8-14-16(15(6-22)28(2)27-14)13-7-25-18(23)19(26-13)29-9/h3-5,7,9H,8H2,1-2H3,(H2,23,25)/b24-17-/t9-/m1/s1. The van der Waals surface area contributed by atoms with Crippen molar-refractivity contribution >= 4 is 22.6 Å². The molecule has 1 atom stereocenters. The molecular formula is C19H15ClFN7O. The second-order valence-corrected chi connectivity index (χ2v) is 6.81. The van der Waals surface area contributed by atoms with Crippen LogP contribution in [0, 0.1) is 17.1 Å². The Labute approximate surface area is 170 Å². The van der Waals surface area contributed by atoms with Crippen LogP contribution in [0.25, 0.3) is 11.3 Å². The molecule has 1 aromatic carbocycles. The van der Waals surface area contributed by atoms with Gasteiger partial charge in [-0.2, -0.15) is 10.4 Å². The summed E-state index contributed by atoms with van der Waals surface area (Å²) in [5.74, 6) is -0.300. The Kier molecular flexibility index (Phi) is 4.64. The number of hydrogen-bond donors (Lipinski definition) is 1. The molecule has 0 unspecified atom stereocenters. The second kappa shape index (κ2) is 7.14. The Morgan fingerprint density at radius 2 is 2.21 bits per heavy atom. The quantitative estimate of drug-likeness (QED) is 0.607. The van der Waals surface area contributed by atoms with Crippen molar-refractivity contribution in [2.24, 2.45) is 12.0 Å². The Balaban J connectivity index is 1.99. The zero-order chi connectivity index (χ0) is 20.7. The van der Waals surface area contributed by atoms with Gasteiger partial charge in [-0.05, 0) is 25.1 Å². The van der Waals surface area contributed by atoms with Gasteiger partial charge in [0.1, 0.15) is 28.9 Å². The van der Waals surface area contributed by atoms with E-state index < -0.39 is 11.9 Å². The predicted molar refractivity (Wildman–Crippen MR) is 105 cm³/mol. The topological polar surface area (TPSA) is 115 Å². The van der Waals surface area contributed by atoms with Crippen LogP contribution in [0.2, 0.25) is 0 Å². The molecule has 4 rings (SSSR count). The molecule has 2 aromatic heterocycles. The summed E-state index contributed by atoms with van der Waals surface area (Å²) in [6, 6.07) is 6.28. The summed E-state index contributed by atoms with van der Waals surface area (Å²) >= 11 is 6.44. The second-order valence-electron chi connectivity index (χ2n) is 6.45. The van der Waals surface area contributed by atoms with Crippen LogP contribution in [-0.4, -0.2) is 24.9 Å². The van der Waals surface area contributed by atoms with Gasteiger partial charge in [-0.25, -0.2) is 14.4 Å². The number of nitrogens with zero attached hydrogens (tertiary/aromatic N) is 6. The lowest BCUT2D eigenvalue weighted by molar-refractivity contribution is 0.218. The minimum absolute atomic E-state index is 0.0672. The summed E-state index contributed by atoms with van der Waals surface area (Å²) in [5.41, 5.74) is 8.58. The number of nitrogens with two attached hydrogens (primary N) is 1. The van der Waals surface area contributed by atoms with Gasteiger partial charge in [-0.3, -0.25) is 9.67 Å². The van der Waals surface area contributed by atoms with E-state index in [0.29, 0.717) is 33.8 Å². The highest BCUT2D eigenvalue weighted by Crippen LogP contribution is 2.33. The maximum Gasteiger partial charge on any atom is 0.258 e. The number of anilines is 1. The van der Waals surface area contributed by atoms with Gasteiger partial charge in [0, 0.05) is 18.2 Å². The number of aryl methyl sites for hydroxylation is 1. The van der Waals surface area contributed by atoms with Gasteiger partial charge >= 0.3 is 0 Å². The zero-order valence-electron chi connectivity index (χ0n) is 15.5. The molecule has 146 valence electrons. The lowest BCUT2D eigenvalue weighted by Crippen LogP contribution is -2.12. The van der Waals surface area contributed by atoms with E-state index in [0.717, 1.165) is 0 Å². The van der Waals surface area contributed by atoms with Crippen LogP contribution in [0.5, 0.6) is 5.88 Å². The number of rotatable bonds is 0. The highest BCUT2D eigenvalue weighted by atomic mass is 35.5. The third-order valence-corrected chi connectivity index (χ3v) is 4.90. The van der Waals surface area contributed by atoms with Gasteiger partial charge in [0.2, 0.25) is 0 Å². The first-order valence-electron chi connectivity index (χ1n) is 8.64. The monoisotopic (exact) mass is 411 g/mol. The maximum atomic E-state index is 13.9. The Morgan fingerprint density at radius 1 is 1.41 bits per heavy atom. The zero-order valence-corrected chi connectivity index (χ0v) is 16.3. The van der Waals surface area contributed by atoms with Crippen LogP contribution in [0.15, 0.2) is 29.4 Å². The summed E-state index contributed by atoms with van der Waals surface area (Å²) in [5, 5.41) is 14.1. The number of fused-ring (bicyclic) bond motifs is 5. The number of benzene rings is 1. The number of hydrogen-bond acceptors (Lipinski definition) is 7. The van der Waals surface area contributed by atoms with E-state index in [4.69, 9.17) is 22.1 Å². The first kappa shape index (κ1) is 18.8. The van der Waals surface area contributed by atoms with Gasteiger partial charge in [0.15, 0.2) is 5.82 Å². The highest BCUT2D eigenvalue weighted by molar-refractivity contribution is 6.69. The van der Waals surface area contributed by atoms with Crippen LogP contribution < -0.4 is 10.5 Å². The van der Waals surface area contributed by atoms with Crippen molar-refractivity contribution in [1.82, 2.24) is 19.7 Å². The fourth-order valence-electron chi connectivity index (χ4n) is 3.19. The lowest BCUT2D eigenvalue weighted by Gasteiger charge is -2.19. The molecule has 0 fully saturated rings. The molecule has 3 aromatic rings. The molecule has 2 N–H and O–H groups in total. The molecule has 29 heavy (non-hydrogen) atoms. The Morgan fingerprint density at radius 3 is 2.97 bits per heavy atom. The summed E-state index contributed by atoms with van der Waals surface area (Å²) < 4.78 is 21.2. The fraction of sp³-hybridized carbons (Fsp3) is 0.211. The normalized spacial score (nSPS) is 17.5. The summed E-state index contributed by atoms with van der Waals surface area (Å²) in [7, 11) is 1.65. The number of nitrogen functional groups attached to an aromatic ring is 1. The van der Waals surface area contributed by atoms with E-state index in [1.54, 1.807) is 14.0 Å². The molecule has 3 heterocycles. The molecule has 0 spiro atoms. The first-order chi connectivity index (χ1) is 13.9. The van der Waals surface area contributed by atoms with Crippen molar-refractivity contribution in [3.63, 3.8) is 0 Å². The van der Waals surface area contributed by atoms with Gasteiger partial charge < -0.3 is 10.5 Å². The molecule has 0 aliphatic carbocycles. The van der Waals surface area contributed by atoms with E-state index in [9.17, 15) is 9.65 Å². The van der Waals surface area contributed by atoms with E-state index in [1.165, 1.54) is 29.1 Å². The van der Waals surface area contributed by atoms with Crippen molar-refractivity contribution in [3.8, 4) is 23.2 Å². The van der Waals surface area contributed by atoms with Crippen molar-refractivity contribution in [1.29, 1.82) is 5.26 Å². The number of ether oxygens (including phenoxy) is 1. The van der Waals surface area contributed by atoms with Crippen molar-refractivity contribution in [2.45, 2.75) is 19.6 Å². The molecule has 10 heteroatoms. The smallest absolute Gasteiger partial charge is 0.258 e. The number of aromatic nitrogens is 4. The molecule has 8 nitrogen and oxygen atoms in total. The summed E-state index contributed by atoms with van der Waals surface area (Å²) in [6.07, 6.45) is 0.804. The average Bonchev–Trinajstić information content (AvgIpc) is 3.02. The van der Waals surface area contributed by atoms with Crippen molar-refractivity contribution in [2.75, 3.05) is 5.73 Å². The maximum absolute atomic E-state index is 13.9. The minimum Gasteiger partial charge on any atom is -0.467 e. The molecule has 0 amide bonds. The SMILES string of the molecule is C[C@H]1Oc2nc(cnc2N)-c2c(nn(C)c2C#N)C/N=C(\Cl)c2ccc(F)cc21. The third-order valence-electron chi connectivity index (χ3n) is 4.58. The molecule has 0 saturated heterocycles. The predicted octanol–water partition coefficient (Wildman–Crippen LogP) is 3.11. The van der Waals surface area contributed by atoms with Crippen LogP contribution in [0.3, 0.4) is 0 Å². The highest BCUT2D eigenvalue weighted by Gasteiger charge is 2.24. The fourth-order valence-corrected chi connectivity index (χ4v) is 3.43. The average molecular weight is 412 g/mol. The summed E-state index contributed by atoms with van der Waals surface area (Å²) in [4.78, 5) is 13.0. The number of aliphatic imine (C=N–C) groups is 1. The molecular weight excluding hydrogens is 397 g/mol. The minimum atomic E-state index is -0.639. The van der Waals surface area contributed by atoms with Crippen LogP contribution >= 0.6 is 11.6 Å². The van der Waals surface area contributed by atoms with Crippen LogP contribution in [0.1, 0.15) is 35.5 Å². The van der Waals surface area contributed by atoms with Crippen molar-refractivity contribution in [3.05, 3.63) is 52.7 Å². The van der Waals surface area contributed by atoms with Gasteiger partial charge in [0.05, 0.1) is 29.7 Å². The van der Waals surface area contributed by atoms with Crippen LogP contribution in [0.4, 0.5) is 10.2 Å². The molecule has 0 radical (unpaired) electrons. The van der Waals surface area contributed by atoms with Gasteiger partial charge in [-0.1, -0.05) is 11.6 Å². The van der Waals surface area contributed by atoms with Crippen molar-refractivity contribution < 1.29 is 9.13 Å². The van der Waals surface area contributed by atoms with Gasteiger partial charge in [0.25, 0.3) is 5.88 Å². The first-order valence-corrected chi connectivity index (χ1v) is 9.02. The van der Waals surface area contributed by atoms with Crippen LogP contribution in [-0.2, 0) is 13.6 Å². The lowest BCUT2D eigenvalue weighted by atomic mass is 10.0.